The molecule has 1 aliphatic rings. The second-order valence-electron chi connectivity index (χ2n) is 5.66. The van der Waals surface area contributed by atoms with Gasteiger partial charge in [-0.15, -0.1) is 0 Å². The minimum Gasteiger partial charge on any atom is -0.497 e. The van der Waals surface area contributed by atoms with Gasteiger partial charge in [0.05, 0.1) is 13.2 Å². The summed E-state index contributed by atoms with van der Waals surface area (Å²) in [6.45, 7) is 2.10. The number of ether oxygens (including phenoxy) is 1. The fourth-order valence-electron chi connectivity index (χ4n) is 2.99. The molecule has 1 saturated carbocycles. The molecule has 110 valence electrons. The average molecular weight is 275 g/mol. The van der Waals surface area contributed by atoms with Crippen molar-refractivity contribution in [2.45, 2.75) is 51.5 Å². The van der Waals surface area contributed by atoms with Crippen LogP contribution in [0.3, 0.4) is 0 Å². The van der Waals surface area contributed by atoms with Crippen molar-refractivity contribution >= 4 is 5.91 Å². The Morgan fingerprint density at radius 3 is 2.50 bits per heavy atom. The molecule has 1 atom stereocenters. The third-order valence-corrected chi connectivity index (χ3v) is 4.21. The van der Waals surface area contributed by atoms with E-state index < -0.39 is 0 Å². The molecule has 0 bridgehead atoms. The summed E-state index contributed by atoms with van der Waals surface area (Å²) in [7, 11) is 1.66. The standard InChI is InChI=1S/C17H25NO2/c1-3-16(14-8-10-15(20-2)11-9-14)18-17(19)12-13-6-4-5-7-13/h8-11,13,16H,3-7,12H2,1-2H3,(H,18,19). The maximum atomic E-state index is 12.1. The molecule has 2 rings (SSSR count). The predicted octanol–water partition coefficient (Wildman–Crippen LogP) is 3.84. The maximum absolute atomic E-state index is 12.1. The molecule has 1 N–H and O–H groups in total. The molecule has 3 nitrogen and oxygen atoms in total. The third kappa shape index (κ3) is 3.99. The summed E-state index contributed by atoms with van der Waals surface area (Å²) in [5, 5.41) is 3.17. The van der Waals surface area contributed by atoms with Crippen LogP contribution in [0.2, 0.25) is 0 Å². The van der Waals surface area contributed by atoms with Crippen LogP contribution in [0, 0.1) is 5.92 Å². The van der Waals surface area contributed by atoms with Gasteiger partial charge in [0, 0.05) is 6.42 Å². The Kier molecular flexibility index (Phi) is 5.45. The number of rotatable bonds is 6. The van der Waals surface area contributed by atoms with E-state index in [2.05, 4.69) is 12.2 Å². The molecule has 0 saturated heterocycles. The van der Waals surface area contributed by atoms with Crippen LogP contribution in [0.5, 0.6) is 5.75 Å². The van der Waals surface area contributed by atoms with Crippen molar-refractivity contribution in [3.8, 4) is 5.75 Å². The Balaban J connectivity index is 1.91. The lowest BCUT2D eigenvalue weighted by Crippen LogP contribution is -2.29. The van der Waals surface area contributed by atoms with E-state index in [-0.39, 0.29) is 11.9 Å². The van der Waals surface area contributed by atoms with Gasteiger partial charge in [-0.3, -0.25) is 4.79 Å². The highest BCUT2D eigenvalue weighted by Gasteiger charge is 2.20. The van der Waals surface area contributed by atoms with Crippen molar-refractivity contribution in [1.29, 1.82) is 0 Å². The molecule has 1 aromatic carbocycles. The van der Waals surface area contributed by atoms with Crippen molar-refractivity contribution in [2.24, 2.45) is 5.92 Å². The maximum Gasteiger partial charge on any atom is 0.220 e. The second-order valence-corrected chi connectivity index (χ2v) is 5.66. The summed E-state index contributed by atoms with van der Waals surface area (Å²) < 4.78 is 5.16. The highest BCUT2D eigenvalue weighted by molar-refractivity contribution is 5.76. The zero-order valence-corrected chi connectivity index (χ0v) is 12.5. The molecule has 0 radical (unpaired) electrons. The van der Waals surface area contributed by atoms with Crippen LogP contribution < -0.4 is 10.1 Å². The lowest BCUT2D eigenvalue weighted by atomic mass is 10.0. The average Bonchev–Trinajstić information content (AvgIpc) is 2.97. The van der Waals surface area contributed by atoms with Crippen molar-refractivity contribution in [3.05, 3.63) is 29.8 Å². The van der Waals surface area contributed by atoms with Crippen molar-refractivity contribution in [2.75, 3.05) is 7.11 Å². The zero-order chi connectivity index (χ0) is 14.4. The molecule has 1 aliphatic carbocycles. The van der Waals surface area contributed by atoms with Gasteiger partial charge in [-0.2, -0.15) is 0 Å². The van der Waals surface area contributed by atoms with Gasteiger partial charge in [-0.05, 0) is 42.9 Å². The molecule has 0 aliphatic heterocycles. The van der Waals surface area contributed by atoms with E-state index in [1.54, 1.807) is 7.11 Å². The van der Waals surface area contributed by atoms with Crippen LogP contribution in [0.4, 0.5) is 0 Å². The first-order valence-corrected chi connectivity index (χ1v) is 7.66. The van der Waals surface area contributed by atoms with Gasteiger partial charge in [0.25, 0.3) is 0 Å². The van der Waals surface area contributed by atoms with E-state index in [9.17, 15) is 4.79 Å². The van der Waals surface area contributed by atoms with E-state index >= 15 is 0 Å². The number of carbonyl (C=O) groups is 1. The van der Waals surface area contributed by atoms with Gasteiger partial charge in [-0.25, -0.2) is 0 Å². The minimum atomic E-state index is 0.106. The third-order valence-electron chi connectivity index (χ3n) is 4.21. The summed E-state index contributed by atoms with van der Waals surface area (Å²) in [6, 6.07) is 8.06. The monoisotopic (exact) mass is 275 g/mol. The van der Waals surface area contributed by atoms with Gasteiger partial charge < -0.3 is 10.1 Å². The van der Waals surface area contributed by atoms with Crippen molar-refractivity contribution < 1.29 is 9.53 Å². The molecule has 3 heteroatoms. The van der Waals surface area contributed by atoms with E-state index in [0.29, 0.717) is 12.3 Å². The topological polar surface area (TPSA) is 38.3 Å². The summed E-state index contributed by atoms with van der Waals surface area (Å²) in [5.41, 5.74) is 1.15. The highest BCUT2D eigenvalue weighted by Crippen LogP contribution is 2.28. The van der Waals surface area contributed by atoms with Gasteiger partial charge in [0.1, 0.15) is 5.75 Å². The van der Waals surface area contributed by atoms with Crippen molar-refractivity contribution in [3.63, 3.8) is 0 Å². The van der Waals surface area contributed by atoms with Gasteiger partial charge in [0.2, 0.25) is 5.91 Å². The minimum absolute atomic E-state index is 0.106. The Morgan fingerprint density at radius 2 is 1.95 bits per heavy atom. The summed E-state index contributed by atoms with van der Waals surface area (Å²) in [4.78, 5) is 12.1. The Hall–Kier alpha value is -1.51. The summed E-state index contributed by atoms with van der Waals surface area (Å²) in [6.07, 6.45) is 6.59. The van der Waals surface area contributed by atoms with Crippen molar-refractivity contribution in [1.82, 2.24) is 5.32 Å². The van der Waals surface area contributed by atoms with Crippen LogP contribution in [-0.2, 0) is 4.79 Å². The summed E-state index contributed by atoms with van der Waals surface area (Å²) >= 11 is 0. The molecular weight excluding hydrogens is 250 g/mol. The number of benzene rings is 1. The molecule has 1 amide bonds. The largest absolute Gasteiger partial charge is 0.497 e. The van der Waals surface area contributed by atoms with E-state index in [1.165, 1.54) is 25.7 Å². The fraction of sp³-hybridized carbons (Fsp3) is 0.588. The molecular formula is C17H25NO2. The lowest BCUT2D eigenvalue weighted by Gasteiger charge is -2.19. The number of methoxy groups -OCH3 is 1. The SMILES string of the molecule is CCC(NC(=O)CC1CCCC1)c1ccc(OC)cc1. The first-order chi connectivity index (χ1) is 9.72. The number of amides is 1. The lowest BCUT2D eigenvalue weighted by molar-refractivity contribution is -0.122. The number of nitrogens with one attached hydrogen (secondary N) is 1. The Bertz CT molecular complexity index is 421. The fourth-order valence-corrected chi connectivity index (χ4v) is 2.99. The second kappa shape index (κ2) is 7.32. The first-order valence-electron chi connectivity index (χ1n) is 7.66. The van der Waals surface area contributed by atoms with Gasteiger partial charge in [-0.1, -0.05) is 31.9 Å². The van der Waals surface area contributed by atoms with E-state index in [1.807, 2.05) is 24.3 Å². The van der Waals surface area contributed by atoms with Crippen LogP contribution >= 0.6 is 0 Å². The number of hydrogen-bond acceptors (Lipinski definition) is 2. The molecule has 0 spiro atoms. The normalized spacial score (nSPS) is 16.9. The predicted molar refractivity (Wildman–Crippen MR) is 80.7 cm³/mol. The Morgan fingerprint density at radius 1 is 1.30 bits per heavy atom. The molecule has 1 fully saturated rings. The molecule has 1 unspecified atom stereocenters. The number of carbonyl (C=O) groups excluding carboxylic acids is 1. The Labute approximate surface area is 121 Å². The highest BCUT2D eigenvalue weighted by atomic mass is 16.5. The van der Waals surface area contributed by atoms with E-state index in [4.69, 9.17) is 4.74 Å². The molecule has 1 aromatic rings. The van der Waals surface area contributed by atoms with Crippen LogP contribution in [-0.4, -0.2) is 13.0 Å². The van der Waals surface area contributed by atoms with E-state index in [0.717, 1.165) is 17.7 Å². The molecule has 0 aromatic heterocycles. The van der Waals surface area contributed by atoms with Gasteiger partial charge >= 0.3 is 0 Å². The quantitative estimate of drug-likeness (QED) is 0.856. The van der Waals surface area contributed by atoms with Crippen LogP contribution in [0.25, 0.3) is 0 Å². The zero-order valence-electron chi connectivity index (χ0n) is 12.5. The summed E-state index contributed by atoms with van der Waals surface area (Å²) in [5.74, 6) is 1.64. The smallest absolute Gasteiger partial charge is 0.220 e. The molecule has 20 heavy (non-hydrogen) atoms. The number of hydrogen-bond donors (Lipinski definition) is 1. The van der Waals surface area contributed by atoms with Crippen LogP contribution in [0.1, 0.15) is 57.1 Å². The van der Waals surface area contributed by atoms with Crippen LogP contribution in [0.15, 0.2) is 24.3 Å². The first kappa shape index (κ1) is 14.9. The van der Waals surface area contributed by atoms with Gasteiger partial charge in [0.15, 0.2) is 0 Å². The molecule has 0 heterocycles.